The maximum absolute atomic E-state index is 13.4. The minimum absolute atomic E-state index is 0.0832. The number of hydrogen-bond acceptors (Lipinski definition) is 2. The van der Waals surface area contributed by atoms with E-state index in [1.54, 1.807) is 0 Å². The number of fused-ring (bicyclic) bond motifs is 5. The number of carbonyl (C=O) groups excluding carboxylic acids is 2. The molecule has 8 atom stereocenters. The Labute approximate surface area is 182 Å². The standard InChI is InChI=1S/C24H35F3N2O2/c1-13(2)20(24(25,26)27)29-21(31)17-7-6-15-14-5-8-18-23(4,12-10-19(30)28-18)16(14)9-11-22(15,17)3/h14-18,20H,1,5-12H2,2-4H3,(H,28,30)(H,29,31)/t14-,15-,16-,17+,18+,20?,22-,23+/m0/s1. The Morgan fingerprint density at radius 2 is 1.77 bits per heavy atom. The van der Waals surface area contributed by atoms with Crippen LogP contribution in [0.5, 0.6) is 0 Å². The Morgan fingerprint density at radius 3 is 2.42 bits per heavy atom. The van der Waals surface area contributed by atoms with Crippen molar-refractivity contribution in [2.75, 3.05) is 0 Å². The van der Waals surface area contributed by atoms with E-state index in [9.17, 15) is 22.8 Å². The van der Waals surface area contributed by atoms with E-state index < -0.39 is 18.1 Å². The number of amides is 2. The van der Waals surface area contributed by atoms with Gasteiger partial charge in [0, 0.05) is 18.4 Å². The van der Waals surface area contributed by atoms with Crippen molar-refractivity contribution in [1.29, 1.82) is 0 Å². The van der Waals surface area contributed by atoms with Crippen LogP contribution in [0.2, 0.25) is 0 Å². The molecule has 0 spiro atoms. The molecule has 1 aliphatic heterocycles. The maximum atomic E-state index is 13.4. The Balaban J connectivity index is 1.53. The first kappa shape index (κ1) is 22.7. The highest BCUT2D eigenvalue weighted by Crippen LogP contribution is 2.65. The van der Waals surface area contributed by atoms with E-state index >= 15 is 0 Å². The lowest BCUT2D eigenvalue weighted by molar-refractivity contribution is -0.159. The maximum Gasteiger partial charge on any atom is 0.412 e. The molecule has 3 saturated carbocycles. The minimum atomic E-state index is -4.53. The number of halogens is 3. The molecule has 31 heavy (non-hydrogen) atoms. The van der Waals surface area contributed by atoms with Gasteiger partial charge in [-0.15, -0.1) is 0 Å². The summed E-state index contributed by atoms with van der Waals surface area (Å²) in [7, 11) is 0. The fourth-order valence-electron chi connectivity index (χ4n) is 7.86. The first-order valence-electron chi connectivity index (χ1n) is 11.7. The second-order valence-corrected chi connectivity index (χ2v) is 11.1. The fraction of sp³-hybridized carbons (Fsp3) is 0.833. The summed E-state index contributed by atoms with van der Waals surface area (Å²) in [6.45, 7) is 9.20. The van der Waals surface area contributed by atoms with Crippen LogP contribution in [0.1, 0.15) is 72.1 Å². The van der Waals surface area contributed by atoms with Crippen LogP contribution in [0.25, 0.3) is 0 Å². The van der Waals surface area contributed by atoms with Crippen molar-refractivity contribution in [3.63, 3.8) is 0 Å². The molecular formula is C24H35F3N2O2. The van der Waals surface area contributed by atoms with E-state index in [1.165, 1.54) is 6.92 Å². The van der Waals surface area contributed by atoms with Crippen LogP contribution in [-0.2, 0) is 9.59 Å². The highest BCUT2D eigenvalue weighted by Gasteiger charge is 2.61. The summed E-state index contributed by atoms with van der Waals surface area (Å²) < 4.78 is 40.2. The molecule has 0 aromatic carbocycles. The highest BCUT2D eigenvalue weighted by atomic mass is 19.4. The van der Waals surface area contributed by atoms with Gasteiger partial charge in [-0.3, -0.25) is 9.59 Å². The minimum Gasteiger partial charge on any atom is -0.353 e. The fourth-order valence-corrected chi connectivity index (χ4v) is 7.86. The van der Waals surface area contributed by atoms with Crippen molar-refractivity contribution in [2.24, 2.45) is 34.5 Å². The van der Waals surface area contributed by atoms with Gasteiger partial charge >= 0.3 is 6.18 Å². The van der Waals surface area contributed by atoms with E-state index in [4.69, 9.17) is 0 Å². The van der Waals surface area contributed by atoms with Crippen LogP contribution >= 0.6 is 0 Å². The van der Waals surface area contributed by atoms with E-state index in [1.807, 2.05) is 0 Å². The molecule has 2 N–H and O–H groups in total. The molecule has 0 aromatic rings. The normalized spacial score (nSPS) is 43.2. The van der Waals surface area contributed by atoms with Gasteiger partial charge in [-0.2, -0.15) is 13.2 Å². The summed E-state index contributed by atoms with van der Waals surface area (Å²) in [6.07, 6.45) is 2.31. The first-order valence-corrected chi connectivity index (χ1v) is 11.7. The van der Waals surface area contributed by atoms with Crippen molar-refractivity contribution in [1.82, 2.24) is 10.6 Å². The van der Waals surface area contributed by atoms with E-state index in [0.29, 0.717) is 30.6 Å². The zero-order chi connectivity index (χ0) is 22.8. The number of hydrogen-bond donors (Lipinski definition) is 2. The third kappa shape index (κ3) is 3.60. The third-order valence-electron chi connectivity index (χ3n) is 9.52. The van der Waals surface area contributed by atoms with Crippen molar-refractivity contribution >= 4 is 11.8 Å². The van der Waals surface area contributed by atoms with Crippen molar-refractivity contribution < 1.29 is 22.8 Å². The molecule has 4 nitrogen and oxygen atoms in total. The summed E-state index contributed by atoms with van der Waals surface area (Å²) in [6, 6.07) is -1.76. The van der Waals surface area contributed by atoms with Crippen molar-refractivity contribution in [2.45, 2.75) is 90.4 Å². The molecule has 1 unspecified atom stereocenters. The second kappa shape index (κ2) is 7.51. The smallest absolute Gasteiger partial charge is 0.353 e. The third-order valence-corrected chi connectivity index (χ3v) is 9.52. The Kier molecular flexibility index (Phi) is 5.49. The van der Waals surface area contributed by atoms with E-state index in [2.05, 4.69) is 31.1 Å². The quantitative estimate of drug-likeness (QED) is 0.623. The number of rotatable bonds is 3. The summed E-state index contributed by atoms with van der Waals surface area (Å²) >= 11 is 0. The molecule has 4 rings (SSSR count). The van der Waals surface area contributed by atoms with Gasteiger partial charge in [0.15, 0.2) is 0 Å². The average molecular weight is 441 g/mol. The molecule has 1 heterocycles. The molecule has 2 amide bonds. The van der Waals surface area contributed by atoms with Gasteiger partial charge in [-0.05, 0) is 86.0 Å². The highest BCUT2D eigenvalue weighted by molar-refractivity contribution is 5.81. The summed E-state index contributed by atoms with van der Waals surface area (Å²) in [5, 5.41) is 5.49. The van der Waals surface area contributed by atoms with Crippen LogP contribution in [-0.4, -0.2) is 30.1 Å². The molecule has 7 heteroatoms. The monoisotopic (exact) mass is 440 g/mol. The van der Waals surface area contributed by atoms with E-state index in [0.717, 1.165) is 38.5 Å². The zero-order valence-electron chi connectivity index (χ0n) is 18.8. The van der Waals surface area contributed by atoms with Gasteiger partial charge in [0.2, 0.25) is 11.8 Å². The molecule has 4 fully saturated rings. The lowest BCUT2D eigenvalue weighted by Gasteiger charge is -2.60. The molecule has 174 valence electrons. The molecule has 0 radical (unpaired) electrons. The largest absolute Gasteiger partial charge is 0.412 e. The Bertz CT molecular complexity index is 781. The van der Waals surface area contributed by atoms with Gasteiger partial charge in [0.05, 0.1) is 0 Å². The lowest BCUT2D eigenvalue weighted by atomic mass is 9.47. The van der Waals surface area contributed by atoms with Crippen LogP contribution < -0.4 is 10.6 Å². The number of nitrogens with one attached hydrogen (secondary N) is 2. The second-order valence-electron chi connectivity index (χ2n) is 11.1. The topological polar surface area (TPSA) is 58.2 Å². The van der Waals surface area contributed by atoms with Gasteiger partial charge in [-0.25, -0.2) is 0 Å². The number of piperidine rings is 1. The van der Waals surface area contributed by atoms with Gasteiger partial charge < -0.3 is 10.6 Å². The number of alkyl halides is 3. The Hall–Kier alpha value is -1.53. The average Bonchev–Trinajstić information content (AvgIpc) is 3.02. The van der Waals surface area contributed by atoms with Crippen molar-refractivity contribution in [3.05, 3.63) is 12.2 Å². The first-order chi connectivity index (χ1) is 14.4. The van der Waals surface area contributed by atoms with Gasteiger partial charge in [0.25, 0.3) is 0 Å². The summed E-state index contributed by atoms with van der Waals surface area (Å²) in [4.78, 5) is 25.0. The van der Waals surface area contributed by atoms with Gasteiger partial charge in [0.1, 0.15) is 6.04 Å². The predicted octanol–water partition coefficient (Wildman–Crippen LogP) is 4.75. The molecule has 3 aliphatic carbocycles. The molecular weight excluding hydrogens is 405 g/mol. The van der Waals surface area contributed by atoms with Crippen molar-refractivity contribution in [3.8, 4) is 0 Å². The van der Waals surface area contributed by atoms with Crippen LogP contribution in [0, 0.1) is 34.5 Å². The lowest BCUT2D eigenvalue weighted by Crippen LogP contribution is -2.61. The van der Waals surface area contributed by atoms with Gasteiger partial charge in [-0.1, -0.05) is 20.4 Å². The van der Waals surface area contributed by atoms with Crippen LogP contribution in [0.4, 0.5) is 13.2 Å². The van der Waals surface area contributed by atoms with E-state index in [-0.39, 0.29) is 34.3 Å². The Morgan fingerprint density at radius 1 is 1.10 bits per heavy atom. The zero-order valence-corrected chi connectivity index (χ0v) is 18.8. The predicted molar refractivity (Wildman–Crippen MR) is 112 cm³/mol. The summed E-state index contributed by atoms with van der Waals surface area (Å²) in [5.74, 6) is 0.623. The molecule has 4 aliphatic rings. The molecule has 0 bridgehead atoms. The number of carbonyl (C=O) groups is 2. The van der Waals surface area contributed by atoms with Crippen LogP contribution in [0.15, 0.2) is 12.2 Å². The molecule has 0 aromatic heterocycles. The SMILES string of the molecule is C=C(C)C(NC(=O)[C@H]1CC[C@H]2[C@@H]3CC[C@H]4NC(=O)CC[C@]4(C)[C@H]3CC[C@]12C)C(F)(F)F. The molecule has 1 saturated heterocycles. The summed E-state index contributed by atoms with van der Waals surface area (Å²) in [5.41, 5.74) is -0.271. The van der Waals surface area contributed by atoms with Crippen LogP contribution in [0.3, 0.4) is 0 Å².